The summed E-state index contributed by atoms with van der Waals surface area (Å²) in [5.41, 5.74) is 3.60. The lowest BCUT2D eigenvalue weighted by Gasteiger charge is -2.31. The van der Waals surface area contributed by atoms with Gasteiger partial charge in [0.15, 0.2) is 0 Å². The number of ether oxygens (including phenoxy) is 1. The van der Waals surface area contributed by atoms with Crippen LogP contribution in [-0.2, 0) is 6.54 Å². The highest BCUT2D eigenvalue weighted by Crippen LogP contribution is 2.18. The molecule has 4 heteroatoms. The van der Waals surface area contributed by atoms with Gasteiger partial charge in [-0.1, -0.05) is 54.6 Å². The highest BCUT2D eigenvalue weighted by Gasteiger charge is 2.20. The summed E-state index contributed by atoms with van der Waals surface area (Å²) in [6.45, 7) is 7.34. The molecule has 0 saturated carbocycles. The van der Waals surface area contributed by atoms with E-state index in [-0.39, 0.29) is 0 Å². The van der Waals surface area contributed by atoms with E-state index >= 15 is 0 Å². The van der Waals surface area contributed by atoms with Gasteiger partial charge in [0, 0.05) is 11.1 Å². The highest BCUT2D eigenvalue weighted by atomic mass is 16.5. The van der Waals surface area contributed by atoms with Crippen LogP contribution in [0.3, 0.4) is 0 Å². The van der Waals surface area contributed by atoms with Gasteiger partial charge < -0.3 is 9.64 Å². The summed E-state index contributed by atoms with van der Waals surface area (Å²) in [7, 11) is 1.70. The van der Waals surface area contributed by atoms with E-state index in [9.17, 15) is 0 Å². The fraction of sp³-hybridized carbons (Fsp3) is 0.292. The molecule has 0 spiro atoms. The summed E-state index contributed by atoms with van der Waals surface area (Å²) in [6, 6.07) is 23.4. The van der Waals surface area contributed by atoms with Crippen LogP contribution < -0.4 is 9.64 Å². The van der Waals surface area contributed by atoms with Crippen molar-refractivity contribution in [1.29, 1.82) is 0 Å². The zero-order valence-corrected chi connectivity index (χ0v) is 16.7. The molecule has 4 nitrogen and oxygen atoms in total. The molecule has 0 atom stereocenters. The minimum Gasteiger partial charge on any atom is -0.497 e. The van der Waals surface area contributed by atoms with Crippen LogP contribution in [-0.4, -0.2) is 44.0 Å². The maximum atomic E-state index is 5.32. The normalized spacial score (nSPS) is 15.8. The predicted molar refractivity (Wildman–Crippen MR) is 115 cm³/mol. The van der Waals surface area contributed by atoms with Gasteiger partial charge in [0.05, 0.1) is 39.0 Å². The Morgan fingerprint density at radius 1 is 1.00 bits per heavy atom. The Morgan fingerprint density at radius 3 is 2.57 bits per heavy atom. The van der Waals surface area contributed by atoms with Gasteiger partial charge in [0.25, 0.3) is 0 Å². The largest absolute Gasteiger partial charge is 0.497 e. The molecule has 1 aliphatic rings. The van der Waals surface area contributed by atoms with Crippen molar-refractivity contribution in [2.24, 2.45) is 5.10 Å². The molecule has 1 heterocycles. The average molecular weight is 375 g/mol. The Balaban J connectivity index is 1.39. The van der Waals surface area contributed by atoms with Crippen molar-refractivity contribution in [3.63, 3.8) is 0 Å². The van der Waals surface area contributed by atoms with Gasteiger partial charge in [-0.05, 0) is 29.8 Å². The average Bonchev–Trinajstić information content (AvgIpc) is 2.75. The number of nitrogens with one attached hydrogen (secondary N) is 1. The first kappa shape index (κ1) is 18.5. The van der Waals surface area contributed by atoms with Gasteiger partial charge in [-0.3, -0.25) is 5.01 Å². The highest BCUT2D eigenvalue weighted by molar-refractivity contribution is 5.98. The Morgan fingerprint density at radius 2 is 1.75 bits per heavy atom. The van der Waals surface area contributed by atoms with Crippen molar-refractivity contribution in [1.82, 2.24) is 5.01 Å². The number of hydrogen-bond acceptors (Lipinski definition) is 3. The number of rotatable bonds is 5. The Kier molecular flexibility index (Phi) is 5.58. The summed E-state index contributed by atoms with van der Waals surface area (Å²) in [5, 5.41) is 9.78. The van der Waals surface area contributed by atoms with Gasteiger partial charge in [0.1, 0.15) is 12.3 Å². The second-order valence-electron chi connectivity index (χ2n) is 7.44. The molecule has 1 fully saturated rings. The number of piperazine rings is 1. The molecule has 0 radical (unpaired) electrons. The van der Waals surface area contributed by atoms with Crippen LogP contribution in [0.5, 0.6) is 5.75 Å². The van der Waals surface area contributed by atoms with E-state index in [1.165, 1.54) is 16.3 Å². The van der Waals surface area contributed by atoms with E-state index < -0.39 is 0 Å². The smallest absolute Gasteiger partial charge is 0.119 e. The van der Waals surface area contributed by atoms with Gasteiger partial charge in [-0.15, -0.1) is 0 Å². The molecule has 28 heavy (non-hydrogen) atoms. The van der Waals surface area contributed by atoms with Crippen LogP contribution in [0.25, 0.3) is 10.8 Å². The zero-order valence-electron chi connectivity index (χ0n) is 16.7. The SMILES string of the molecule is COc1cccc(/C(C)=N\N2CC[NH+](Cc3cccc4ccccc34)CC2)c1. The van der Waals surface area contributed by atoms with E-state index in [1.54, 1.807) is 12.0 Å². The van der Waals surface area contributed by atoms with E-state index in [0.717, 1.165) is 49.7 Å². The lowest BCUT2D eigenvalue weighted by atomic mass is 10.0. The molecule has 144 valence electrons. The topological polar surface area (TPSA) is 29.3 Å². The number of fused-ring (bicyclic) bond motifs is 1. The van der Waals surface area contributed by atoms with Crippen molar-refractivity contribution >= 4 is 16.5 Å². The standard InChI is InChI=1S/C24H27N3O/c1-19(21-9-6-11-23(17-21)28-2)25-27-15-13-26(14-16-27)18-22-10-5-8-20-7-3-4-12-24(20)22/h3-12,17H,13-16,18H2,1-2H3/p+1/b25-19-. The van der Waals surface area contributed by atoms with Crippen LogP contribution in [0.4, 0.5) is 0 Å². The maximum Gasteiger partial charge on any atom is 0.119 e. The van der Waals surface area contributed by atoms with Crippen molar-refractivity contribution in [2.75, 3.05) is 33.3 Å². The van der Waals surface area contributed by atoms with Gasteiger partial charge >= 0.3 is 0 Å². The monoisotopic (exact) mass is 374 g/mol. The molecule has 0 aliphatic carbocycles. The number of benzene rings is 3. The van der Waals surface area contributed by atoms with Crippen molar-refractivity contribution < 1.29 is 9.64 Å². The fourth-order valence-electron chi connectivity index (χ4n) is 3.92. The second kappa shape index (κ2) is 8.44. The summed E-state index contributed by atoms with van der Waals surface area (Å²) in [6.07, 6.45) is 0. The molecule has 1 saturated heterocycles. The minimum atomic E-state index is 0.872. The van der Waals surface area contributed by atoms with Crippen LogP contribution in [0, 0.1) is 0 Å². The third-order valence-electron chi connectivity index (χ3n) is 5.55. The van der Waals surface area contributed by atoms with Gasteiger partial charge in [0.2, 0.25) is 0 Å². The number of hydrazone groups is 1. The van der Waals surface area contributed by atoms with E-state index in [1.807, 2.05) is 18.2 Å². The number of quaternary nitrogens is 1. The Labute approximate surface area is 167 Å². The molecule has 3 aromatic rings. The summed E-state index contributed by atoms with van der Waals surface area (Å²) >= 11 is 0. The fourth-order valence-corrected chi connectivity index (χ4v) is 3.92. The molecule has 0 amide bonds. The lowest BCUT2D eigenvalue weighted by Crippen LogP contribution is -3.13. The van der Waals surface area contributed by atoms with Gasteiger partial charge in [-0.25, -0.2) is 0 Å². The first-order valence-corrected chi connectivity index (χ1v) is 9.98. The number of hydrogen-bond donors (Lipinski definition) is 1. The predicted octanol–water partition coefficient (Wildman–Crippen LogP) is 2.97. The Bertz CT molecular complexity index is 969. The zero-order chi connectivity index (χ0) is 19.3. The first-order valence-electron chi connectivity index (χ1n) is 9.98. The van der Waals surface area contributed by atoms with E-state index in [0.29, 0.717) is 0 Å². The Hall–Kier alpha value is -2.85. The number of nitrogens with zero attached hydrogens (tertiary/aromatic N) is 2. The summed E-state index contributed by atoms with van der Waals surface area (Å²) in [5.74, 6) is 0.872. The molecular formula is C24H28N3O+. The molecule has 4 rings (SSSR count). The van der Waals surface area contributed by atoms with Crippen molar-refractivity contribution in [3.8, 4) is 5.75 Å². The van der Waals surface area contributed by atoms with Crippen LogP contribution in [0.15, 0.2) is 71.8 Å². The quantitative estimate of drug-likeness (QED) is 0.696. The maximum absolute atomic E-state index is 5.32. The van der Waals surface area contributed by atoms with Crippen molar-refractivity contribution in [3.05, 3.63) is 77.9 Å². The second-order valence-corrected chi connectivity index (χ2v) is 7.44. The molecule has 0 aromatic heterocycles. The lowest BCUT2D eigenvalue weighted by molar-refractivity contribution is -0.918. The molecule has 1 N–H and O–H groups in total. The van der Waals surface area contributed by atoms with Gasteiger partial charge in [-0.2, -0.15) is 5.10 Å². The first-order chi connectivity index (χ1) is 13.7. The van der Waals surface area contributed by atoms with Crippen molar-refractivity contribution in [2.45, 2.75) is 13.5 Å². The molecule has 3 aromatic carbocycles. The molecular weight excluding hydrogens is 346 g/mol. The minimum absolute atomic E-state index is 0.872. The van der Waals surface area contributed by atoms with Crippen LogP contribution in [0.2, 0.25) is 0 Å². The van der Waals surface area contributed by atoms with E-state index in [4.69, 9.17) is 9.84 Å². The molecule has 1 aliphatic heterocycles. The molecule has 0 bridgehead atoms. The summed E-state index contributed by atoms with van der Waals surface area (Å²) in [4.78, 5) is 1.63. The molecule has 0 unspecified atom stereocenters. The van der Waals surface area contributed by atoms with Crippen LogP contribution >= 0.6 is 0 Å². The third kappa shape index (κ3) is 4.18. The number of methoxy groups -OCH3 is 1. The summed E-state index contributed by atoms with van der Waals surface area (Å²) < 4.78 is 5.32. The van der Waals surface area contributed by atoms with E-state index in [2.05, 4.69) is 60.5 Å². The van der Waals surface area contributed by atoms with Crippen LogP contribution in [0.1, 0.15) is 18.1 Å². The third-order valence-corrected chi connectivity index (χ3v) is 5.55.